The molecule has 2 bridgehead atoms. The number of thiazole rings is 1. The van der Waals surface area contributed by atoms with E-state index in [0.29, 0.717) is 29.3 Å². The number of ether oxygens (including phenoxy) is 1. The van der Waals surface area contributed by atoms with Gasteiger partial charge in [-0.25, -0.2) is 4.98 Å². The van der Waals surface area contributed by atoms with Crippen molar-refractivity contribution < 1.29 is 14.3 Å². The van der Waals surface area contributed by atoms with Gasteiger partial charge < -0.3 is 10.1 Å². The van der Waals surface area contributed by atoms with E-state index >= 15 is 0 Å². The van der Waals surface area contributed by atoms with Crippen molar-refractivity contribution in [1.82, 2.24) is 4.98 Å². The van der Waals surface area contributed by atoms with Crippen molar-refractivity contribution in [2.75, 3.05) is 11.9 Å². The molecule has 1 fully saturated rings. The lowest BCUT2D eigenvalue weighted by atomic mass is 9.93. The fourth-order valence-electron chi connectivity index (χ4n) is 3.09. The van der Waals surface area contributed by atoms with Crippen LogP contribution in [-0.4, -0.2) is 23.5 Å². The number of carbonyl (C=O) groups is 2. The van der Waals surface area contributed by atoms with E-state index in [-0.39, 0.29) is 24.2 Å². The molecule has 0 spiro atoms. The number of anilines is 1. The molecular formula is C15H18N2O3S. The molecule has 0 radical (unpaired) electrons. The van der Waals surface area contributed by atoms with Crippen LogP contribution in [0.25, 0.3) is 0 Å². The third-order valence-corrected chi connectivity index (χ3v) is 4.83. The number of allylic oxidation sites excluding steroid dienone is 2. The zero-order valence-corrected chi connectivity index (χ0v) is 12.7. The maximum absolute atomic E-state index is 12.3. The van der Waals surface area contributed by atoms with Crippen LogP contribution in [0.5, 0.6) is 0 Å². The molecule has 21 heavy (non-hydrogen) atoms. The summed E-state index contributed by atoms with van der Waals surface area (Å²) in [5.74, 6) is 0.774. The standard InChI is InChI=1S/C15H18N2O3S/c1-2-20-13(18)7-11-8-21-15(16-11)17-14(19)12-6-9-3-4-10(12)5-9/h3-4,8-10,12H,2,5-7H2,1H3,(H,16,17,19). The molecule has 2 aliphatic rings. The Labute approximate surface area is 127 Å². The molecular weight excluding hydrogens is 288 g/mol. The molecule has 1 heterocycles. The van der Waals surface area contributed by atoms with Crippen LogP contribution in [-0.2, 0) is 20.7 Å². The Morgan fingerprint density at radius 1 is 1.43 bits per heavy atom. The normalized spacial score (nSPS) is 26.0. The zero-order chi connectivity index (χ0) is 14.8. The molecule has 3 rings (SSSR count). The molecule has 0 aliphatic heterocycles. The van der Waals surface area contributed by atoms with E-state index in [1.807, 2.05) is 0 Å². The van der Waals surface area contributed by atoms with Gasteiger partial charge in [0.25, 0.3) is 0 Å². The van der Waals surface area contributed by atoms with E-state index in [9.17, 15) is 9.59 Å². The van der Waals surface area contributed by atoms with Crippen LogP contribution in [0.3, 0.4) is 0 Å². The van der Waals surface area contributed by atoms with Gasteiger partial charge in [-0.2, -0.15) is 0 Å². The number of esters is 1. The predicted octanol–water partition coefficient (Wildman–Crippen LogP) is 2.40. The second-order valence-corrected chi connectivity index (χ2v) is 6.36. The maximum Gasteiger partial charge on any atom is 0.311 e. The van der Waals surface area contributed by atoms with Crippen molar-refractivity contribution in [3.05, 3.63) is 23.2 Å². The third-order valence-electron chi connectivity index (χ3n) is 4.03. The fourth-order valence-corrected chi connectivity index (χ4v) is 3.80. The zero-order valence-electron chi connectivity index (χ0n) is 11.9. The van der Waals surface area contributed by atoms with E-state index in [1.165, 1.54) is 11.3 Å². The molecule has 1 saturated carbocycles. The van der Waals surface area contributed by atoms with Gasteiger partial charge in [0.05, 0.1) is 18.7 Å². The number of hydrogen-bond acceptors (Lipinski definition) is 5. The van der Waals surface area contributed by atoms with Crippen molar-refractivity contribution in [3.8, 4) is 0 Å². The summed E-state index contributed by atoms with van der Waals surface area (Å²) in [5, 5.41) is 5.22. The van der Waals surface area contributed by atoms with E-state index < -0.39 is 0 Å². The van der Waals surface area contributed by atoms with Crippen molar-refractivity contribution in [3.63, 3.8) is 0 Å². The van der Waals surface area contributed by atoms with Gasteiger partial charge in [-0.3, -0.25) is 9.59 Å². The number of amides is 1. The van der Waals surface area contributed by atoms with Crippen molar-refractivity contribution in [2.45, 2.75) is 26.2 Å². The lowest BCUT2D eigenvalue weighted by Gasteiger charge is -2.16. The average molecular weight is 306 g/mol. The lowest BCUT2D eigenvalue weighted by Crippen LogP contribution is -2.25. The number of rotatable bonds is 5. The van der Waals surface area contributed by atoms with Crippen LogP contribution < -0.4 is 5.32 Å². The Morgan fingerprint density at radius 3 is 2.95 bits per heavy atom. The number of hydrogen-bond donors (Lipinski definition) is 1. The van der Waals surface area contributed by atoms with Crippen LogP contribution >= 0.6 is 11.3 Å². The number of nitrogens with zero attached hydrogens (tertiary/aromatic N) is 1. The quantitative estimate of drug-likeness (QED) is 0.670. The van der Waals surface area contributed by atoms with Crippen LogP contribution in [0.4, 0.5) is 5.13 Å². The van der Waals surface area contributed by atoms with E-state index in [2.05, 4.69) is 22.5 Å². The van der Waals surface area contributed by atoms with Crippen molar-refractivity contribution in [1.29, 1.82) is 0 Å². The van der Waals surface area contributed by atoms with Crippen LogP contribution in [0.1, 0.15) is 25.5 Å². The molecule has 1 amide bonds. The summed E-state index contributed by atoms with van der Waals surface area (Å²) in [6.07, 6.45) is 6.57. The molecule has 6 heteroatoms. The Morgan fingerprint density at radius 2 is 2.29 bits per heavy atom. The Balaban J connectivity index is 1.56. The first-order chi connectivity index (χ1) is 10.2. The highest BCUT2D eigenvalue weighted by atomic mass is 32.1. The molecule has 3 unspecified atom stereocenters. The Bertz CT molecular complexity index is 581. The van der Waals surface area contributed by atoms with Crippen LogP contribution in [0.15, 0.2) is 17.5 Å². The molecule has 2 aliphatic carbocycles. The molecule has 112 valence electrons. The molecule has 1 aromatic heterocycles. The van der Waals surface area contributed by atoms with Crippen molar-refractivity contribution >= 4 is 28.3 Å². The molecule has 0 saturated heterocycles. The molecule has 1 N–H and O–H groups in total. The van der Waals surface area contributed by atoms with Gasteiger partial charge in [0.2, 0.25) is 5.91 Å². The van der Waals surface area contributed by atoms with Gasteiger partial charge >= 0.3 is 5.97 Å². The second kappa shape index (κ2) is 5.97. The highest BCUT2D eigenvalue weighted by Crippen LogP contribution is 2.43. The minimum Gasteiger partial charge on any atom is -0.466 e. The summed E-state index contributed by atoms with van der Waals surface area (Å²) < 4.78 is 4.88. The summed E-state index contributed by atoms with van der Waals surface area (Å²) in [7, 11) is 0. The first kappa shape index (κ1) is 14.3. The van der Waals surface area contributed by atoms with E-state index in [1.54, 1.807) is 12.3 Å². The summed E-state index contributed by atoms with van der Waals surface area (Å²) in [5.41, 5.74) is 0.640. The average Bonchev–Trinajstić information content (AvgIpc) is 3.15. The van der Waals surface area contributed by atoms with Gasteiger partial charge in [-0.05, 0) is 31.6 Å². The molecule has 0 aromatic carbocycles. The maximum atomic E-state index is 12.3. The van der Waals surface area contributed by atoms with Gasteiger partial charge in [0.15, 0.2) is 5.13 Å². The predicted molar refractivity (Wildman–Crippen MR) is 79.9 cm³/mol. The van der Waals surface area contributed by atoms with E-state index in [0.717, 1.165) is 12.8 Å². The minimum absolute atomic E-state index is 0.0453. The summed E-state index contributed by atoms with van der Waals surface area (Å²) in [4.78, 5) is 27.9. The first-order valence-electron chi connectivity index (χ1n) is 7.25. The number of fused-ring (bicyclic) bond motifs is 2. The monoisotopic (exact) mass is 306 g/mol. The van der Waals surface area contributed by atoms with Crippen LogP contribution in [0.2, 0.25) is 0 Å². The van der Waals surface area contributed by atoms with Gasteiger partial charge in [0, 0.05) is 11.3 Å². The first-order valence-corrected chi connectivity index (χ1v) is 8.13. The topological polar surface area (TPSA) is 68.3 Å². The smallest absolute Gasteiger partial charge is 0.311 e. The molecule has 5 nitrogen and oxygen atoms in total. The molecule has 1 aromatic rings. The number of carbonyl (C=O) groups excluding carboxylic acids is 2. The van der Waals surface area contributed by atoms with Gasteiger partial charge in [-0.15, -0.1) is 11.3 Å². The van der Waals surface area contributed by atoms with Crippen LogP contribution in [0, 0.1) is 17.8 Å². The fraction of sp³-hybridized carbons (Fsp3) is 0.533. The number of nitrogens with one attached hydrogen (secondary N) is 1. The summed E-state index contributed by atoms with van der Waals surface area (Å²) in [6, 6.07) is 0. The second-order valence-electron chi connectivity index (χ2n) is 5.50. The lowest BCUT2D eigenvalue weighted by molar-refractivity contribution is -0.142. The summed E-state index contributed by atoms with van der Waals surface area (Å²) in [6.45, 7) is 2.14. The van der Waals surface area contributed by atoms with Gasteiger partial charge in [0.1, 0.15) is 0 Å². The largest absolute Gasteiger partial charge is 0.466 e. The van der Waals surface area contributed by atoms with Crippen molar-refractivity contribution in [2.24, 2.45) is 17.8 Å². The minimum atomic E-state index is -0.293. The summed E-state index contributed by atoms with van der Waals surface area (Å²) >= 11 is 1.35. The van der Waals surface area contributed by atoms with Gasteiger partial charge in [-0.1, -0.05) is 12.2 Å². The highest BCUT2D eigenvalue weighted by Gasteiger charge is 2.39. The number of aromatic nitrogens is 1. The highest BCUT2D eigenvalue weighted by molar-refractivity contribution is 7.13. The Kier molecular flexibility index (Phi) is 4.05. The third kappa shape index (κ3) is 3.15. The van der Waals surface area contributed by atoms with E-state index in [4.69, 9.17) is 4.74 Å². The molecule has 3 atom stereocenters. The SMILES string of the molecule is CCOC(=O)Cc1csc(NC(=O)C2CC3C=CC2C3)n1. The Hall–Kier alpha value is -1.69.